The molecule has 1 aromatic heterocycles. The lowest BCUT2D eigenvalue weighted by atomic mass is 10.1. The number of anilines is 1. The highest BCUT2D eigenvalue weighted by Crippen LogP contribution is 2.29. The predicted molar refractivity (Wildman–Crippen MR) is 123 cm³/mol. The second kappa shape index (κ2) is 7.82. The molecule has 0 aliphatic carbocycles. The van der Waals surface area contributed by atoms with Gasteiger partial charge < -0.3 is 9.88 Å². The molecule has 0 amide bonds. The van der Waals surface area contributed by atoms with Crippen LogP contribution in [-0.2, 0) is 6.54 Å². The van der Waals surface area contributed by atoms with E-state index < -0.39 is 0 Å². The highest BCUT2D eigenvalue weighted by Gasteiger charge is 2.09. The number of hydrogen-bond donors (Lipinski definition) is 2. The number of hydrogen-bond acceptors (Lipinski definition) is 2. The van der Waals surface area contributed by atoms with E-state index in [2.05, 4.69) is 76.7 Å². The highest BCUT2D eigenvalue weighted by molar-refractivity contribution is 7.80. The van der Waals surface area contributed by atoms with Crippen LogP contribution in [0.15, 0.2) is 71.8 Å². The van der Waals surface area contributed by atoms with Crippen LogP contribution in [0.1, 0.15) is 18.1 Å². The summed E-state index contributed by atoms with van der Waals surface area (Å²) < 4.78 is 2.34. The smallest absolute Gasteiger partial charge is 0.191 e. The summed E-state index contributed by atoms with van der Waals surface area (Å²) >= 11 is 5.30. The van der Waals surface area contributed by atoms with E-state index in [1.807, 2.05) is 24.3 Å². The molecule has 0 unspecified atom stereocenters. The molecule has 4 rings (SSSR count). The van der Waals surface area contributed by atoms with Crippen LogP contribution in [0.4, 0.5) is 5.69 Å². The van der Waals surface area contributed by atoms with Crippen LogP contribution in [0.3, 0.4) is 0 Å². The van der Waals surface area contributed by atoms with E-state index in [1.54, 1.807) is 6.21 Å². The lowest BCUT2D eigenvalue weighted by Gasteiger charge is -2.07. The normalized spacial score (nSPS) is 11.4. The number of hydrazone groups is 1. The van der Waals surface area contributed by atoms with Gasteiger partial charge in [-0.05, 0) is 62.0 Å². The van der Waals surface area contributed by atoms with Crippen molar-refractivity contribution < 1.29 is 0 Å². The maximum atomic E-state index is 5.30. The van der Waals surface area contributed by atoms with Gasteiger partial charge in [-0.25, -0.2) is 0 Å². The first kappa shape index (κ1) is 18.2. The predicted octanol–water partition coefficient (Wildman–Crippen LogP) is 5.44. The van der Waals surface area contributed by atoms with Gasteiger partial charge in [-0.15, -0.1) is 0 Å². The summed E-state index contributed by atoms with van der Waals surface area (Å²) in [5.74, 6) is 0. The van der Waals surface area contributed by atoms with Crippen molar-refractivity contribution in [2.75, 3.05) is 5.32 Å². The number of aromatic nitrogens is 1. The molecule has 0 saturated carbocycles. The molecule has 5 heteroatoms. The second-order valence-electron chi connectivity index (χ2n) is 6.73. The van der Waals surface area contributed by atoms with Gasteiger partial charge in [0.25, 0.3) is 0 Å². The molecule has 28 heavy (non-hydrogen) atoms. The quantitative estimate of drug-likeness (QED) is 0.279. The number of benzene rings is 3. The third-order valence-corrected chi connectivity index (χ3v) is 5.00. The van der Waals surface area contributed by atoms with Crippen molar-refractivity contribution in [1.82, 2.24) is 9.99 Å². The Kier molecular flexibility index (Phi) is 5.08. The van der Waals surface area contributed by atoms with Gasteiger partial charge >= 0.3 is 0 Å². The zero-order chi connectivity index (χ0) is 19.5. The van der Waals surface area contributed by atoms with Gasteiger partial charge in [-0.3, -0.25) is 5.43 Å². The van der Waals surface area contributed by atoms with E-state index in [0.717, 1.165) is 17.8 Å². The molecule has 3 aromatic carbocycles. The van der Waals surface area contributed by atoms with Crippen LogP contribution in [0.2, 0.25) is 0 Å². The summed E-state index contributed by atoms with van der Waals surface area (Å²) in [5.41, 5.74) is 8.55. The van der Waals surface area contributed by atoms with Crippen LogP contribution < -0.4 is 10.7 Å². The Morgan fingerprint density at radius 2 is 1.75 bits per heavy atom. The number of fused-ring (bicyclic) bond motifs is 3. The van der Waals surface area contributed by atoms with E-state index in [0.29, 0.717) is 5.11 Å². The van der Waals surface area contributed by atoms with Crippen molar-refractivity contribution in [2.45, 2.75) is 20.4 Å². The van der Waals surface area contributed by atoms with Gasteiger partial charge in [-0.1, -0.05) is 42.0 Å². The van der Waals surface area contributed by atoms with Crippen molar-refractivity contribution in [3.05, 3.63) is 77.9 Å². The first-order valence-corrected chi connectivity index (χ1v) is 9.74. The monoisotopic (exact) mass is 386 g/mol. The molecule has 0 aliphatic heterocycles. The van der Waals surface area contributed by atoms with Crippen molar-refractivity contribution >= 4 is 51.0 Å². The molecular formula is C23H22N4S. The minimum atomic E-state index is 0.462. The fourth-order valence-electron chi connectivity index (χ4n) is 3.45. The van der Waals surface area contributed by atoms with Gasteiger partial charge in [-0.2, -0.15) is 5.10 Å². The Hall–Kier alpha value is -3.18. The summed E-state index contributed by atoms with van der Waals surface area (Å²) in [6.07, 6.45) is 1.79. The SMILES string of the molecule is CCn1c2ccccc2c2cc(/C=N\NC(=S)Nc3ccc(C)cc3)ccc21. The number of para-hydroxylation sites is 1. The van der Waals surface area contributed by atoms with Crippen molar-refractivity contribution in [1.29, 1.82) is 0 Å². The van der Waals surface area contributed by atoms with Crippen LogP contribution in [-0.4, -0.2) is 15.9 Å². The molecule has 1 heterocycles. The van der Waals surface area contributed by atoms with E-state index in [4.69, 9.17) is 12.2 Å². The van der Waals surface area contributed by atoms with E-state index >= 15 is 0 Å². The fraction of sp³-hybridized carbons (Fsp3) is 0.130. The van der Waals surface area contributed by atoms with Gasteiger partial charge in [0.1, 0.15) is 0 Å². The largest absolute Gasteiger partial charge is 0.341 e. The summed E-state index contributed by atoms with van der Waals surface area (Å²) in [4.78, 5) is 0. The summed E-state index contributed by atoms with van der Waals surface area (Å²) in [5, 5.41) is 10.4. The molecule has 0 aliphatic rings. The Morgan fingerprint density at radius 3 is 2.54 bits per heavy atom. The average molecular weight is 387 g/mol. The number of nitrogens with zero attached hydrogens (tertiary/aromatic N) is 2. The van der Waals surface area contributed by atoms with Gasteiger partial charge in [0.15, 0.2) is 5.11 Å². The molecule has 0 atom stereocenters. The lowest BCUT2D eigenvalue weighted by molar-refractivity contribution is 0.827. The van der Waals surface area contributed by atoms with E-state index in [9.17, 15) is 0 Å². The van der Waals surface area contributed by atoms with Gasteiger partial charge in [0, 0.05) is 34.0 Å². The van der Waals surface area contributed by atoms with Crippen LogP contribution in [0, 0.1) is 6.92 Å². The number of rotatable bonds is 4. The molecular weight excluding hydrogens is 364 g/mol. The Bertz CT molecular complexity index is 1170. The first-order chi connectivity index (χ1) is 13.7. The molecule has 4 nitrogen and oxygen atoms in total. The number of thiocarbonyl (C=S) groups is 1. The number of aryl methyl sites for hydroxylation is 2. The minimum absolute atomic E-state index is 0.462. The summed E-state index contributed by atoms with van der Waals surface area (Å²) in [7, 11) is 0. The van der Waals surface area contributed by atoms with Crippen LogP contribution in [0.5, 0.6) is 0 Å². The molecule has 0 fully saturated rings. The minimum Gasteiger partial charge on any atom is -0.341 e. The van der Waals surface area contributed by atoms with E-state index in [-0.39, 0.29) is 0 Å². The second-order valence-corrected chi connectivity index (χ2v) is 7.14. The Balaban J connectivity index is 1.52. The molecule has 0 saturated heterocycles. The Labute approximate surface area is 169 Å². The summed E-state index contributed by atoms with van der Waals surface area (Å²) in [6, 6.07) is 23.0. The zero-order valence-electron chi connectivity index (χ0n) is 15.9. The Morgan fingerprint density at radius 1 is 1.00 bits per heavy atom. The maximum absolute atomic E-state index is 5.30. The third kappa shape index (κ3) is 3.62. The lowest BCUT2D eigenvalue weighted by Crippen LogP contribution is -2.23. The first-order valence-electron chi connectivity index (χ1n) is 9.33. The third-order valence-electron chi connectivity index (χ3n) is 4.80. The van der Waals surface area contributed by atoms with Crippen molar-refractivity contribution in [2.24, 2.45) is 5.10 Å². The van der Waals surface area contributed by atoms with Gasteiger partial charge in [0.05, 0.1) is 6.21 Å². The standard InChI is InChI=1S/C23H22N4S/c1-3-27-21-7-5-4-6-19(21)20-14-17(10-13-22(20)27)15-24-26-23(28)25-18-11-8-16(2)9-12-18/h4-15H,3H2,1-2H3,(H2,25,26,28)/b24-15-. The molecule has 0 bridgehead atoms. The molecule has 4 aromatic rings. The van der Waals surface area contributed by atoms with Crippen molar-refractivity contribution in [3.63, 3.8) is 0 Å². The highest BCUT2D eigenvalue weighted by atomic mass is 32.1. The molecule has 0 spiro atoms. The van der Waals surface area contributed by atoms with Crippen LogP contribution >= 0.6 is 12.2 Å². The molecule has 140 valence electrons. The summed E-state index contributed by atoms with van der Waals surface area (Å²) in [6.45, 7) is 5.17. The average Bonchev–Trinajstić information content (AvgIpc) is 3.03. The van der Waals surface area contributed by atoms with Gasteiger partial charge in [0.2, 0.25) is 0 Å². The topological polar surface area (TPSA) is 41.4 Å². The molecule has 0 radical (unpaired) electrons. The van der Waals surface area contributed by atoms with Crippen molar-refractivity contribution in [3.8, 4) is 0 Å². The maximum Gasteiger partial charge on any atom is 0.191 e. The molecule has 2 N–H and O–H groups in total. The van der Waals surface area contributed by atoms with E-state index in [1.165, 1.54) is 27.4 Å². The fourth-order valence-corrected chi connectivity index (χ4v) is 3.62. The van der Waals surface area contributed by atoms with Crippen LogP contribution in [0.25, 0.3) is 21.8 Å². The zero-order valence-corrected chi connectivity index (χ0v) is 16.8. The number of nitrogens with one attached hydrogen (secondary N) is 2.